The summed E-state index contributed by atoms with van der Waals surface area (Å²) in [6.07, 6.45) is -12.9. The van der Waals surface area contributed by atoms with E-state index in [0.29, 0.717) is 0 Å². The molecule has 0 heterocycles. The lowest BCUT2D eigenvalue weighted by Gasteiger charge is -2.40. The summed E-state index contributed by atoms with van der Waals surface area (Å²) in [7, 11) is 0. The second-order valence-electron chi connectivity index (χ2n) is 3.99. The Balaban J connectivity index is 4.67. The van der Waals surface area contributed by atoms with E-state index in [9.17, 15) is 41.0 Å². The Bertz CT molecular complexity index is 407. The van der Waals surface area contributed by atoms with Gasteiger partial charge in [-0.25, -0.2) is 0 Å². The van der Waals surface area contributed by atoms with Crippen molar-refractivity contribution in [3.8, 4) is 0 Å². The zero-order chi connectivity index (χ0) is 18.5. The summed E-state index contributed by atoms with van der Waals surface area (Å²) in [5, 5.41) is 11.3. The zero-order valence-electron chi connectivity index (χ0n) is 11.0. The van der Waals surface area contributed by atoms with Crippen molar-refractivity contribution in [2.24, 2.45) is 5.92 Å². The Morgan fingerprint density at radius 1 is 0.913 bits per heavy atom. The van der Waals surface area contributed by atoms with Gasteiger partial charge in [0.15, 0.2) is 5.60 Å². The summed E-state index contributed by atoms with van der Waals surface area (Å²) >= 11 is 5.94. The molecule has 5 nitrogen and oxygen atoms in total. The maximum Gasteiger partial charge on any atom is 0.399 e. The van der Waals surface area contributed by atoms with Crippen molar-refractivity contribution in [3.05, 3.63) is 0 Å². The van der Waals surface area contributed by atoms with Crippen molar-refractivity contribution in [2.45, 2.75) is 18.0 Å². The predicted molar refractivity (Wildman–Crippen MR) is 67.8 cm³/mol. The minimum atomic E-state index is -6.43. The van der Waals surface area contributed by atoms with Crippen LogP contribution in [0.5, 0.6) is 0 Å². The molecule has 0 unspecified atom stereocenters. The summed E-state index contributed by atoms with van der Waals surface area (Å²) in [4.78, 5) is 22.2. The Morgan fingerprint density at radius 2 is 1.30 bits per heavy atom. The molecule has 136 valence electrons. The van der Waals surface area contributed by atoms with Crippen molar-refractivity contribution in [1.82, 2.24) is 0 Å². The van der Waals surface area contributed by atoms with E-state index in [-0.39, 0.29) is 10.7 Å². The third-order valence-electron chi connectivity index (χ3n) is 2.35. The highest BCUT2D eigenvalue weighted by atomic mass is 79.9. The van der Waals surface area contributed by atoms with Gasteiger partial charge in [0, 0.05) is 10.7 Å². The summed E-state index contributed by atoms with van der Waals surface area (Å²) in [6, 6.07) is 0. The average molecular weight is 483 g/mol. The van der Waals surface area contributed by atoms with Gasteiger partial charge in [-0.1, -0.05) is 31.9 Å². The molecule has 0 aromatic carbocycles. The SMILES string of the molecule is O=C(OCCOC(=O)C([O-])(C(F)(F)F)C(F)(F)F)C(CBr)CBr. The van der Waals surface area contributed by atoms with Gasteiger partial charge in [0.1, 0.15) is 13.2 Å². The minimum absolute atomic E-state index is 0.183. The molecule has 0 atom stereocenters. The fourth-order valence-electron chi connectivity index (χ4n) is 1.06. The van der Waals surface area contributed by atoms with E-state index in [2.05, 4.69) is 41.3 Å². The zero-order valence-corrected chi connectivity index (χ0v) is 14.1. The summed E-state index contributed by atoms with van der Waals surface area (Å²) in [5.41, 5.74) is -5.90. The minimum Gasteiger partial charge on any atom is -0.828 e. The second-order valence-corrected chi connectivity index (χ2v) is 5.28. The molecule has 0 aromatic heterocycles. The standard InChI is InChI=1S/C10H9Br2F6O5/c11-3-5(4-12)6(19)22-1-2-23-7(20)8(21,9(13,14)15)10(16,17)18/h5H,1-4H2/q-1. The molecule has 0 saturated heterocycles. The van der Waals surface area contributed by atoms with Crippen molar-refractivity contribution >= 4 is 43.8 Å². The number of carbonyl (C=O) groups is 2. The monoisotopic (exact) mass is 481 g/mol. The lowest BCUT2D eigenvalue weighted by molar-refractivity contribution is -0.574. The number of hydrogen-bond acceptors (Lipinski definition) is 5. The van der Waals surface area contributed by atoms with E-state index in [1.54, 1.807) is 0 Å². The highest BCUT2D eigenvalue weighted by Crippen LogP contribution is 2.41. The van der Waals surface area contributed by atoms with Crippen molar-refractivity contribution in [3.63, 3.8) is 0 Å². The molecule has 0 bridgehead atoms. The molecule has 0 radical (unpaired) electrons. The molecule has 0 aliphatic rings. The molecule has 0 spiro atoms. The van der Waals surface area contributed by atoms with Gasteiger partial charge in [0.05, 0.1) is 5.92 Å². The smallest absolute Gasteiger partial charge is 0.399 e. The third kappa shape index (κ3) is 5.48. The highest BCUT2D eigenvalue weighted by molar-refractivity contribution is 9.09. The van der Waals surface area contributed by atoms with Gasteiger partial charge in [-0.05, 0) is 0 Å². The van der Waals surface area contributed by atoms with Crippen molar-refractivity contribution in [1.29, 1.82) is 0 Å². The molecule has 0 N–H and O–H groups in total. The van der Waals surface area contributed by atoms with Crippen molar-refractivity contribution < 1.29 is 50.5 Å². The molecule has 13 heteroatoms. The van der Waals surface area contributed by atoms with E-state index in [4.69, 9.17) is 0 Å². The Kier molecular flexibility index (Phi) is 8.30. The van der Waals surface area contributed by atoms with Crippen LogP contribution in [-0.2, 0) is 19.1 Å². The highest BCUT2D eigenvalue weighted by Gasteiger charge is 2.68. The summed E-state index contributed by atoms with van der Waals surface area (Å²) < 4.78 is 81.7. The fourth-order valence-corrected chi connectivity index (χ4v) is 2.66. The van der Waals surface area contributed by atoms with Crippen LogP contribution in [0.4, 0.5) is 26.3 Å². The number of esters is 2. The number of carbonyl (C=O) groups excluding carboxylic acids is 2. The van der Waals surface area contributed by atoms with Gasteiger partial charge in [0.25, 0.3) is 0 Å². The van der Waals surface area contributed by atoms with E-state index in [1.165, 1.54) is 0 Å². The molecule has 0 aliphatic carbocycles. The lowest BCUT2D eigenvalue weighted by atomic mass is 10.0. The quantitative estimate of drug-likeness (QED) is 0.239. The molecule has 0 rings (SSSR count). The van der Waals surface area contributed by atoms with Crippen LogP contribution in [0.1, 0.15) is 0 Å². The average Bonchev–Trinajstić information content (AvgIpc) is 2.41. The number of hydrogen-bond donors (Lipinski definition) is 0. The lowest BCUT2D eigenvalue weighted by Crippen LogP contribution is -2.71. The van der Waals surface area contributed by atoms with Crippen LogP contribution < -0.4 is 5.11 Å². The molecular formula is C10H9Br2F6O5-. The van der Waals surface area contributed by atoms with Crippen LogP contribution in [0.3, 0.4) is 0 Å². The number of ether oxygens (including phenoxy) is 2. The van der Waals surface area contributed by atoms with Gasteiger partial charge < -0.3 is 14.6 Å². The molecule has 0 aromatic rings. The first-order valence-electron chi connectivity index (χ1n) is 5.62. The van der Waals surface area contributed by atoms with Crippen LogP contribution in [-0.4, -0.2) is 53.8 Å². The molecule has 0 amide bonds. The molecular weight excluding hydrogens is 474 g/mol. The predicted octanol–water partition coefficient (Wildman–Crippen LogP) is 1.70. The van der Waals surface area contributed by atoms with Crippen LogP contribution >= 0.6 is 31.9 Å². The van der Waals surface area contributed by atoms with Gasteiger partial charge in [0.2, 0.25) is 0 Å². The Hall–Kier alpha value is -0.560. The maximum absolute atomic E-state index is 12.3. The van der Waals surface area contributed by atoms with Crippen LogP contribution in [0.25, 0.3) is 0 Å². The molecule has 0 fully saturated rings. The Labute approximate surface area is 142 Å². The number of alkyl halides is 8. The van der Waals surface area contributed by atoms with Crippen LogP contribution in [0.2, 0.25) is 0 Å². The van der Waals surface area contributed by atoms with E-state index < -0.39 is 49.0 Å². The number of rotatable bonds is 7. The van der Waals surface area contributed by atoms with Gasteiger partial charge in [-0.3, -0.25) is 9.59 Å². The normalized spacial score (nSPS) is 13.1. The topological polar surface area (TPSA) is 75.7 Å². The van der Waals surface area contributed by atoms with E-state index in [0.717, 1.165) is 0 Å². The summed E-state index contributed by atoms with van der Waals surface area (Å²) in [5.74, 6) is -4.55. The van der Waals surface area contributed by atoms with E-state index >= 15 is 0 Å². The molecule has 0 aliphatic heterocycles. The second kappa shape index (κ2) is 8.51. The Morgan fingerprint density at radius 3 is 1.65 bits per heavy atom. The van der Waals surface area contributed by atoms with Gasteiger partial charge in [-0.2, -0.15) is 26.3 Å². The van der Waals surface area contributed by atoms with Gasteiger partial charge >= 0.3 is 24.3 Å². The van der Waals surface area contributed by atoms with Crippen LogP contribution in [0.15, 0.2) is 0 Å². The van der Waals surface area contributed by atoms with Crippen molar-refractivity contribution in [2.75, 3.05) is 23.9 Å². The van der Waals surface area contributed by atoms with Gasteiger partial charge in [-0.15, -0.1) is 0 Å². The summed E-state index contributed by atoms with van der Waals surface area (Å²) in [6.45, 7) is -1.93. The largest absolute Gasteiger partial charge is 0.828 e. The number of halogens is 8. The molecule has 23 heavy (non-hydrogen) atoms. The third-order valence-corrected chi connectivity index (χ3v) is 3.92. The first-order chi connectivity index (χ1) is 10.3. The van der Waals surface area contributed by atoms with E-state index in [1.807, 2.05) is 0 Å². The molecule has 0 saturated carbocycles. The fraction of sp³-hybridized carbons (Fsp3) is 0.800. The van der Waals surface area contributed by atoms with Crippen LogP contribution in [0, 0.1) is 5.92 Å². The first-order valence-corrected chi connectivity index (χ1v) is 7.86. The maximum atomic E-state index is 12.3. The first kappa shape index (κ1) is 22.4.